The highest BCUT2D eigenvalue weighted by atomic mass is 16.3. The molecule has 3 rings (SSSR count). The third kappa shape index (κ3) is 5.14. The van der Waals surface area contributed by atoms with Crippen molar-refractivity contribution >= 4 is 11.7 Å². The Morgan fingerprint density at radius 3 is 2.62 bits per heavy atom. The Balaban J connectivity index is 1.80. The van der Waals surface area contributed by atoms with Gasteiger partial charge in [0.2, 0.25) is 0 Å². The van der Waals surface area contributed by atoms with Crippen LogP contribution in [0.25, 0.3) is 0 Å². The monoisotopic (exact) mass is 392 g/mol. The molecule has 7 heteroatoms. The molecule has 0 aliphatic carbocycles. The number of aryl methyl sites for hydroxylation is 2. The number of rotatable bonds is 8. The first kappa shape index (κ1) is 20.4. The third-order valence-electron chi connectivity index (χ3n) is 4.65. The van der Waals surface area contributed by atoms with Gasteiger partial charge >= 0.3 is 0 Å². The number of aliphatic hydroxyl groups excluding tert-OH is 1. The highest BCUT2D eigenvalue weighted by molar-refractivity contribution is 5.99. The number of aromatic nitrogens is 3. The molecule has 1 unspecified atom stereocenters. The van der Waals surface area contributed by atoms with Crippen molar-refractivity contribution in [1.82, 2.24) is 20.1 Å². The van der Waals surface area contributed by atoms with Crippen molar-refractivity contribution in [2.45, 2.75) is 25.4 Å². The van der Waals surface area contributed by atoms with Crippen LogP contribution in [0.1, 0.15) is 56.6 Å². The number of benzene rings is 1. The van der Waals surface area contributed by atoms with E-state index in [1.807, 2.05) is 31.4 Å². The van der Waals surface area contributed by atoms with Gasteiger partial charge in [0.05, 0.1) is 11.9 Å². The Bertz CT molecular complexity index is 998. The fourth-order valence-electron chi connectivity index (χ4n) is 3.10. The molecule has 1 amide bonds. The molecule has 2 heterocycles. The zero-order valence-electron chi connectivity index (χ0n) is 16.5. The number of nitrogens with zero attached hydrogens (tertiary/aromatic N) is 3. The van der Waals surface area contributed by atoms with Gasteiger partial charge in [0.1, 0.15) is 11.8 Å². The number of nitrogens with one attached hydrogen (secondary N) is 1. The maximum atomic E-state index is 12.8. The highest BCUT2D eigenvalue weighted by Crippen LogP contribution is 2.22. The van der Waals surface area contributed by atoms with Gasteiger partial charge in [0, 0.05) is 32.3 Å². The normalized spacial score (nSPS) is 11.8. The van der Waals surface area contributed by atoms with Crippen LogP contribution in [-0.4, -0.2) is 38.6 Å². The Morgan fingerprint density at radius 2 is 1.97 bits per heavy atom. The number of pyridine rings is 1. The molecule has 29 heavy (non-hydrogen) atoms. The number of carbonyl (C=O) groups is 2. The molecule has 1 atom stereocenters. The lowest BCUT2D eigenvalue weighted by Gasteiger charge is -2.13. The minimum atomic E-state index is -1.03. The molecule has 0 aliphatic heterocycles. The van der Waals surface area contributed by atoms with Crippen LogP contribution in [0.2, 0.25) is 0 Å². The van der Waals surface area contributed by atoms with Gasteiger partial charge in [0.25, 0.3) is 5.91 Å². The van der Waals surface area contributed by atoms with Gasteiger partial charge in [-0.15, -0.1) is 0 Å². The summed E-state index contributed by atoms with van der Waals surface area (Å²) in [7, 11) is 3.35. The molecule has 1 aromatic carbocycles. The van der Waals surface area contributed by atoms with Crippen LogP contribution in [0.15, 0.2) is 54.9 Å². The van der Waals surface area contributed by atoms with Crippen molar-refractivity contribution in [3.8, 4) is 0 Å². The van der Waals surface area contributed by atoms with Crippen molar-refractivity contribution in [2.75, 3.05) is 7.05 Å². The summed E-state index contributed by atoms with van der Waals surface area (Å²) in [6.07, 6.45) is 4.42. The van der Waals surface area contributed by atoms with Crippen LogP contribution in [0.3, 0.4) is 0 Å². The number of amides is 1. The van der Waals surface area contributed by atoms with Gasteiger partial charge < -0.3 is 10.4 Å². The van der Waals surface area contributed by atoms with Crippen molar-refractivity contribution in [1.29, 1.82) is 0 Å². The van der Waals surface area contributed by atoms with Crippen LogP contribution in [0.5, 0.6) is 0 Å². The van der Waals surface area contributed by atoms with Crippen molar-refractivity contribution in [3.05, 3.63) is 82.9 Å². The van der Waals surface area contributed by atoms with E-state index in [2.05, 4.69) is 15.4 Å². The third-order valence-corrected chi connectivity index (χ3v) is 4.65. The smallest absolute Gasteiger partial charge is 0.269 e. The Labute approximate surface area is 169 Å². The summed E-state index contributed by atoms with van der Waals surface area (Å²) in [5.41, 5.74) is 2.46. The molecule has 0 bridgehead atoms. The fraction of sp³-hybridized carbons (Fsp3) is 0.273. The van der Waals surface area contributed by atoms with Crippen LogP contribution in [0.4, 0.5) is 0 Å². The lowest BCUT2D eigenvalue weighted by atomic mass is 9.99. The number of carbonyl (C=O) groups excluding carboxylic acids is 2. The van der Waals surface area contributed by atoms with E-state index in [4.69, 9.17) is 0 Å². The second kappa shape index (κ2) is 9.25. The predicted octanol–water partition coefficient (Wildman–Crippen LogP) is 2.46. The maximum absolute atomic E-state index is 12.8. The number of Topliss-reactive ketones (excluding diaryl/α,β-unsaturated/α-hetero) is 1. The minimum absolute atomic E-state index is 0.0945. The van der Waals surface area contributed by atoms with Gasteiger partial charge in [-0.1, -0.05) is 30.3 Å². The molecule has 0 saturated heterocycles. The molecule has 0 aliphatic rings. The molecule has 3 aromatic rings. The first-order valence-corrected chi connectivity index (χ1v) is 9.45. The first-order chi connectivity index (χ1) is 14.0. The molecular weight excluding hydrogens is 368 g/mol. The van der Waals surface area contributed by atoms with Gasteiger partial charge in [-0.2, -0.15) is 5.10 Å². The lowest BCUT2D eigenvalue weighted by Crippen LogP contribution is -2.21. The summed E-state index contributed by atoms with van der Waals surface area (Å²) in [6.45, 7) is 0. The van der Waals surface area contributed by atoms with E-state index in [0.29, 0.717) is 24.0 Å². The molecule has 0 fully saturated rings. The summed E-state index contributed by atoms with van der Waals surface area (Å²) in [5.74, 6) is -0.500. The number of hydrogen-bond acceptors (Lipinski definition) is 5. The van der Waals surface area contributed by atoms with Crippen LogP contribution in [-0.2, 0) is 13.5 Å². The molecule has 7 nitrogen and oxygen atoms in total. The zero-order chi connectivity index (χ0) is 20.8. The standard InChI is InChI=1S/C22H24N4O3/c1-23-22(29)19-12-17(20(27)10-6-7-15-13-24-26(2)14-15)11-18(25-19)21(28)16-8-4-3-5-9-16/h3-5,8-9,11-14,21,28H,6-7,10H2,1-2H3,(H,23,29). The first-order valence-electron chi connectivity index (χ1n) is 9.45. The predicted molar refractivity (Wildman–Crippen MR) is 109 cm³/mol. The molecule has 2 N–H and O–H groups in total. The summed E-state index contributed by atoms with van der Waals surface area (Å²) in [6, 6.07) is 12.1. The van der Waals surface area contributed by atoms with Crippen LogP contribution < -0.4 is 5.32 Å². The van der Waals surface area contributed by atoms with Gasteiger partial charge in [-0.3, -0.25) is 14.3 Å². The Morgan fingerprint density at radius 1 is 1.21 bits per heavy atom. The number of hydrogen-bond donors (Lipinski definition) is 2. The van der Waals surface area contributed by atoms with Crippen molar-refractivity contribution in [3.63, 3.8) is 0 Å². The number of aliphatic hydroxyl groups is 1. The average Bonchev–Trinajstić information content (AvgIpc) is 3.17. The van der Waals surface area contributed by atoms with Crippen molar-refractivity contribution in [2.24, 2.45) is 7.05 Å². The molecule has 2 aromatic heterocycles. The SMILES string of the molecule is CNC(=O)c1cc(C(=O)CCCc2cnn(C)c2)cc(C(O)c2ccccc2)n1. The second-order valence-corrected chi connectivity index (χ2v) is 6.86. The van der Waals surface area contributed by atoms with E-state index in [0.717, 1.165) is 12.0 Å². The van der Waals surface area contributed by atoms with Crippen LogP contribution >= 0.6 is 0 Å². The average molecular weight is 392 g/mol. The summed E-state index contributed by atoms with van der Waals surface area (Å²) < 4.78 is 1.73. The molecule has 0 saturated carbocycles. The Kier molecular flexibility index (Phi) is 6.51. The number of ketones is 1. The lowest BCUT2D eigenvalue weighted by molar-refractivity contribution is 0.0957. The quantitative estimate of drug-likeness (QED) is 0.574. The Hall–Kier alpha value is -3.32. The maximum Gasteiger partial charge on any atom is 0.269 e. The minimum Gasteiger partial charge on any atom is -0.382 e. The second-order valence-electron chi connectivity index (χ2n) is 6.86. The van der Waals surface area contributed by atoms with Crippen LogP contribution in [0, 0.1) is 0 Å². The molecule has 0 spiro atoms. The summed E-state index contributed by atoms with van der Waals surface area (Å²) >= 11 is 0. The van der Waals surface area contributed by atoms with E-state index in [1.54, 1.807) is 29.1 Å². The van der Waals surface area contributed by atoms with E-state index >= 15 is 0 Å². The zero-order valence-corrected chi connectivity index (χ0v) is 16.5. The molecule has 0 radical (unpaired) electrons. The largest absolute Gasteiger partial charge is 0.382 e. The van der Waals surface area contributed by atoms with E-state index in [1.165, 1.54) is 13.1 Å². The van der Waals surface area contributed by atoms with E-state index < -0.39 is 12.0 Å². The van der Waals surface area contributed by atoms with Gasteiger partial charge in [-0.05, 0) is 36.1 Å². The highest BCUT2D eigenvalue weighted by Gasteiger charge is 2.19. The van der Waals surface area contributed by atoms with E-state index in [-0.39, 0.29) is 17.2 Å². The summed E-state index contributed by atoms with van der Waals surface area (Å²) in [4.78, 5) is 29.1. The fourth-order valence-corrected chi connectivity index (χ4v) is 3.10. The molecular formula is C22H24N4O3. The van der Waals surface area contributed by atoms with E-state index in [9.17, 15) is 14.7 Å². The topological polar surface area (TPSA) is 97.1 Å². The van der Waals surface area contributed by atoms with Crippen molar-refractivity contribution < 1.29 is 14.7 Å². The molecule has 150 valence electrons. The van der Waals surface area contributed by atoms with Gasteiger partial charge in [-0.25, -0.2) is 4.98 Å². The van der Waals surface area contributed by atoms with Gasteiger partial charge in [0.15, 0.2) is 5.78 Å². The summed E-state index contributed by atoms with van der Waals surface area (Å²) in [5, 5.41) is 17.3.